The third-order valence-electron chi connectivity index (χ3n) is 15.1. The normalized spacial score (nSPS) is 26.6. The van der Waals surface area contributed by atoms with E-state index in [0.717, 1.165) is 133 Å². The second kappa shape index (κ2) is 26.6. The van der Waals surface area contributed by atoms with Crippen LogP contribution in [0.3, 0.4) is 0 Å². The zero-order valence-corrected chi connectivity index (χ0v) is 39.4. The molecule has 4 aliphatic rings. The molecule has 0 amide bonds. The summed E-state index contributed by atoms with van der Waals surface area (Å²) in [7, 11) is 0. The van der Waals surface area contributed by atoms with E-state index in [1.54, 1.807) is 18.2 Å². The molecule has 2 unspecified atom stereocenters. The lowest BCUT2D eigenvalue weighted by molar-refractivity contribution is -0.151. The van der Waals surface area contributed by atoms with Gasteiger partial charge < -0.3 is 28.4 Å². The number of carbonyl (C=O) groups is 6. The fourth-order valence-electron chi connectivity index (χ4n) is 10.6. The number of ether oxygens (including phenoxy) is 6. The van der Waals surface area contributed by atoms with Crippen molar-refractivity contribution in [2.75, 3.05) is 26.4 Å². The van der Waals surface area contributed by atoms with Crippen LogP contribution in [0.2, 0.25) is 0 Å². The van der Waals surface area contributed by atoms with Crippen LogP contribution in [0.25, 0.3) is 0 Å². The lowest BCUT2D eigenvalue weighted by Gasteiger charge is -2.36. The standard InChI is InChI=1S/C53H76O12/c1-6-48(54)60-30-26-35(3)28-32-62-50(56)42-16-8-38(9-17-42)40-12-20-44(21-13-40)52(58)64-46-24-25-47(37(5)34-46)65-53(59)45-22-14-41(15-23-45)39-10-18-43(19-11-39)51(57)63-33-29-36(4)27-31-61-49(55)7-2/h6-7,24-25,34-36,38-45H,1-2,8-23,26-33H2,3-5H3. The van der Waals surface area contributed by atoms with Crippen LogP contribution in [0.15, 0.2) is 43.5 Å². The van der Waals surface area contributed by atoms with E-state index in [9.17, 15) is 28.8 Å². The van der Waals surface area contributed by atoms with E-state index in [1.807, 2.05) is 6.92 Å². The second-order valence-electron chi connectivity index (χ2n) is 19.7. The van der Waals surface area contributed by atoms with Crippen LogP contribution in [0, 0.1) is 66.1 Å². The predicted molar refractivity (Wildman–Crippen MR) is 245 cm³/mol. The Kier molecular flexibility index (Phi) is 21.1. The monoisotopic (exact) mass is 905 g/mol. The molecule has 360 valence electrons. The van der Waals surface area contributed by atoms with Gasteiger partial charge in [-0.05, 0) is 195 Å². The van der Waals surface area contributed by atoms with E-state index in [4.69, 9.17) is 28.4 Å². The molecule has 0 aliphatic heterocycles. The van der Waals surface area contributed by atoms with Gasteiger partial charge in [-0.3, -0.25) is 19.2 Å². The summed E-state index contributed by atoms with van der Waals surface area (Å²) in [6, 6.07) is 5.21. The average molecular weight is 905 g/mol. The van der Waals surface area contributed by atoms with E-state index in [0.29, 0.717) is 74.4 Å². The van der Waals surface area contributed by atoms with Crippen molar-refractivity contribution in [2.45, 2.75) is 149 Å². The first kappa shape index (κ1) is 51.5. The molecule has 5 rings (SSSR count). The Bertz CT molecular complexity index is 1740. The summed E-state index contributed by atoms with van der Waals surface area (Å²) in [6.45, 7) is 14.2. The largest absolute Gasteiger partial charge is 0.465 e. The minimum atomic E-state index is -0.422. The van der Waals surface area contributed by atoms with Gasteiger partial charge in [-0.25, -0.2) is 9.59 Å². The molecule has 0 spiro atoms. The molecule has 1 aromatic rings. The lowest BCUT2D eigenvalue weighted by atomic mass is 9.69. The van der Waals surface area contributed by atoms with Crippen molar-refractivity contribution >= 4 is 35.8 Å². The number of hydrogen-bond acceptors (Lipinski definition) is 12. The van der Waals surface area contributed by atoms with Crippen LogP contribution >= 0.6 is 0 Å². The summed E-state index contributed by atoms with van der Waals surface area (Å²) in [6.07, 6.45) is 19.7. The number of rotatable bonds is 22. The Hall–Kier alpha value is -4.48. The van der Waals surface area contributed by atoms with Crippen molar-refractivity contribution in [3.63, 3.8) is 0 Å². The molecule has 0 N–H and O–H groups in total. The SMILES string of the molecule is C=CC(=O)OCCC(C)CCOC(=O)C1CCC(C2CCC(C(=O)Oc3ccc(OC(=O)C4CCC(C5CCC(C(=O)OCCC(C)CCOC(=O)C=C)CC5)CC4)c(C)c3)CC2)CC1. The van der Waals surface area contributed by atoms with Gasteiger partial charge in [0.15, 0.2) is 0 Å². The van der Waals surface area contributed by atoms with E-state index >= 15 is 0 Å². The summed E-state index contributed by atoms with van der Waals surface area (Å²) < 4.78 is 33.1. The Balaban J connectivity index is 0.923. The third kappa shape index (κ3) is 16.7. The number of benzene rings is 1. The van der Waals surface area contributed by atoms with Crippen molar-refractivity contribution in [3.05, 3.63) is 49.1 Å². The first-order valence-electron chi connectivity index (χ1n) is 24.8. The summed E-state index contributed by atoms with van der Waals surface area (Å²) in [5, 5.41) is 0. The molecule has 4 saturated carbocycles. The highest BCUT2D eigenvalue weighted by Crippen LogP contribution is 2.44. The van der Waals surface area contributed by atoms with Crippen LogP contribution < -0.4 is 9.47 Å². The van der Waals surface area contributed by atoms with Gasteiger partial charge >= 0.3 is 35.8 Å². The minimum absolute atomic E-state index is 0.0497. The molecular weight excluding hydrogens is 829 g/mol. The lowest BCUT2D eigenvalue weighted by Crippen LogP contribution is -2.32. The number of esters is 6. The van der Waals surface area contributed by atoms with Crippen LogP contribution in [0.1, 0.15) is 148 Å². The van der Waals surface area contributed by atoms with Crippen molar-refractivity contribution in [1.29, 1.82) is 0 Å². The zero-order valence-electron chi connectivity index (χ0n) is 39.4. The highest BCUT2D eigenvalue weighted by Gasteiger charge is 2.37. The first-order valence-corrected chi connectivity index (χ1v) is 24.8. The van der Waals surface area contributed by atoms with Crippen molar-refractivity contribution < 1.29 is 57.2 Å². The van der Waals surface area contributed by atoms with Gasteiger partial charge in [-0.1, -0.05) is 27.0 Å². The second-order valence-corrected chi connectivity index (χ2v) is 19.7. The van der Waals surface area contributed by atoms with E-state index in [2.05, 4.69) is 27.0 Å². The fourth-order valence-corrected chi connectivity index (χ4v) is 10.6. The summed E-state index contributed by atoms with van der Waals surface area (Å²) in [4.78, 5) is 74.5. The van der Waals surface area contributed by atoms with E-state index in [-0.39, 0.29) is 59.4 Å². The predicted octanol–water partition coefficient (Wildman–Crippen LogP) is 10.4. The summed E-state index contributed by atoms with van der Waals surface area (Å²) in [5.74, 6) is 1.89. The van der Waals surface area contributed by atoms with Crippen molar-refractivity contribution in [1.82, 2.24) is 0 Å². The Morgan fingerprint density at radius 2 is 0.815 bits per heavy atom. The Morgan fingerprint density at radius 1 is 0.492 bits per heavy atom. The molecule has 12 heteroatoms. The maximum atomic E-state index is 13.3. The van der Waals surface area contributed by atoms with Gasteiger partial charge in [0, 0.05) is 12.2 Å². The molecule has 4 aliphatic carbocycles. The molecule has 12 nitrogen and oxygen atoms in total. The number of hydrogen-bond donors (Lipinski definition) is 0. The van der Waals surface area contributed by atoms with Crippen molar-refractivity contribution in [3.8, 4) is 11.5 Å². The van der Waals surface area contributed by atoms with Crippen molar-refractivity contribution in [2.24, 2.45) is 59.2 Å². The maximum Gasteiger partial charge on any atom is 0.330 e. The third-order valence-corrected chi connectivity index (χ3v) is 15.1. The Labute approximate surface area is 387 Å². The first-order chi connectivity index (χ1) is 31.3. The molecule has 0 saturated heterocycles. The molecule has 65 heavy (non-hydrogen) atoms. The van der Waals surface area contributed by atoms with E-state index < -0.39 is 11.9 Å². The highest BCUT2D eigenvalue weighted by atomic mass is 16.6. The van der Waals surface area contributed by atoms with Crippen LogP contribution in [0.4, 0.5) is 0 Å². The topological polar surface area (TPSA) is 158 Å². The molecule has 0 bridgehead atoms. The van der Waals surface area contributed by atoms with Gasteiger partial charge in [0.2, 0.25) is 0 Å². The van der Waals surface area contributed by atoms with Gasteiger partial charge in [0.25, 0.3) is 0 Å². The summed E-state index contributed by atoms with van der Waals surface area (Å²) in [5.41, 5.74) is 0.746. The average Bonchev–Trinajstić information content (AvgIpc) is 3.32. The number of carbonyl (C=O) groups excluding carboxylic acids is 6. The molecule has 0 heterocycles. The van der Waals surface area contributed by atoms with Gasteiger partial charge in [0.1, 0.15) is 11.5 Å². The molecular formula is C53H76O12. The number of aryl methyl sites for hydroxylation is 1. The smallest absolute Gasteiger partial charge is 0.330 e. The van der Waals surface area contributed by atoms with Gasteiger partial charge in [-0.2, -0.15) is 0 Å². The zero-order chi connectivity index (χ0) is 46.7. The van der Waals surface area contributed by atoms with Crippen LogP contribution in [-0.2, 0) is 47.7 Å². The molecule has 4 fully saturated rings. The molecule has 0 radical (unpaired) electrons. The molecule has 1 aromatic carbocycles. The fraction of sp³-hybridized carbons (Fsp3) is 0.698. The quantitative estimate of drug-likeness (QED) is 0.0470. The summed E-state index contributed by atoms with van der Waals surface area (Å²) >= 11 is 0. The maximum absolute atomic E-state index is 13.3. The van der Waals surface area contributed by atoms with Gasteiger partial charge in [0.05, 0.1) is 50.1 Å². The highest BCUT2D eigenvalue weighted by molar-refractivity contribution is 5.81. The minimum Gasteiger partial charge on any atom is -0.465 e. The molecule has 0 aromatic heterocycles. The molecule has 2 atom stereocenters. The van der Waals surface area contributed by atoms with Gasteiger partial charge in [-0.15, -0.1) is 0 Å². The van der Waals surface area contributed by atoms with Crippen LogP contribution in [0.5, 0.6) is 11.5 Å². The van der Waals surface area contributed by atoms with E-state index in [1.165, 1.54) is 0 Å². The van der Waals surface area contributed by atoms with Crippen LogP contribution in [-0.4, -0.2) is 62.2 Å². The Morgan fingerprint density at radius 3 is 1.15 bits per heavy atom.